The highest BCUT2D eigenvalue weighted by molar-refractivity contribution is 9.08. The van der Waals surface area contributed by atoms with Gasteiger partial charge in [-0.05, 0) is 23.8 Å². The van der Waals surface area contributed by atoms with Gasteiger partial charge < -0.3 is 10.1 Å². The Morgan fingerprint density at radius 3 is 2.48 bits per heavy atom. The molecule has 108 valence electrons. The monoisotopic (exact) mass is 347 g/mol. The second-order valence-corrected chi connectivity index (χ2v) is 4.90. The molecule has 0 aromatic heterocycles. The maximum atomic E-state index is 12.4. The molecule has 2 aromatic carbocycles. The second-order valence-electron chi connectivity index (χ2n) is 4.33. The fourth-order valence-electron chi connectivity index (χ4n) is 1.85. The van der Waals surface area contributed by atoms with Gasteiger partial charge in [0.05, 0.1) is 5.56 Å². The van der Waals surface area contributed by atoms with Gasteiger partial charge in [-0.1, -0.05) is 46.3 Å². The first kappa shape index (κ1) is 15.3. The van der Waals surface area contributed by atoms with Crippen molar-refractivity contribution < 1.29 is 14.3 Å². The zero-order chi connectivity index (χ0) is 15.2. The number of nitrogens with one attached hydrogen (secondary N) is 1. The lowest BCUT2D eigenvalue weighted by atomic mass is 10.1. The molecule has 0 saturated heterocycles. The van der Waals surface area contributed by atoms with Crippen molar-refractivity contribution in [1.29, 1.82) is 0 Å². The van der Waals surface area contributed by atoms with Gasteiger partial charge in [0, 0.05) is 17.9 Å². The van der Waals surface area contributed by atoms with Crippen molar-refractivity contribution in [2.75, 3.05) is 5.32 Å². The number of carbonyl (C=O) groups excluding carboxylic acids is 2. The minimum absolute atomic E-state index is 0.249. The van der Waals surface area contributed by atoms with E-state index in [0.29, 0.717) is 10.9 Å². The molecule has 5 heteroatoms. The SMILES string of the molecule is CC(=O)Oc1ccccc1C(=O)Nc1ccccc1CBr. The van der Waals surface area contributed by atoms with Crippen LogP contribution < -0.4 is 10.1 Å². The third-order valence-corrected chi connectivity index (χ3v) is 3.40. The van der Waals surface area contributed by atoms with Crippen LogP contribution in [0.3, 0.4) is 0 Å². The number of anilines is 1. The zero-order valence-electron chi connectivity index (χ0n) is 11.4. The van der Waals surface area contributed by atoms with Crippen LogP contribution in [-0.2, 0) is 10.1 Å². The molecule has 0 bridgehead atoms. The number of carbonyl (C=O) groups is 2. The summed E-state index contributed by atoms with van der Waals surface area (Å²) >= 11 is 3.38. The molecule has 1 N–H and O–H groups in total. The first-order valence-electron chi connectivity index (χ1n) is 6.34. The molecule has 0 aliphatic heterocycles. The van der Waals surface area contributed by atoms with E-state index in [1.807, 2.05) is 24.3 Å². The van der Waals surface area contributed by atoms with E-state index in [1.54, 1.807) is 24.3 Å². The number of hydrogen-bond donors (Lipinski definition) is 1. The van der Waals surface area contributed by atoms with Crippen LogP contribution in [0.25, 0.3) is 0 Å². The van der Waals surface area contributed by atoms with Crippen LogP contribution >= 0.6 is 15.9 Å². The average molecular weight is 348 g/mol. The molecule has 2 aromatic rings. The summed E-state index contributed by atoms with van der Waals surface area (Å²) in [4.78, 5) is 23.5. The molecule has 0 atom stereocenters. The third-order valence-electron chi connectivity index (χ3n) is 2.79. The topological polar surface area (TPSA) is 55.4 Å². The molecule has 0 heterocycles. The largest absolute Gasteiger partial charge is 0.426 e. The van der Waals surface area contributed by atoms with Gasteiger partial charge in [0.1, 0.15) is 5.75 Å². The Hall–Kier alpha value is -2.14. The van der Waals surface area contributed by atoms with Crippen LogP contribution in [0.15, 0.2) is 48.5 Å². The minimum atomic E-state index is -0.462. The number of rotatable bonds is 4. The summed E-state index contributed by atoms with van der Waals surface area (Å²) in [6.07, 6.45) is 0. The standard InChI is InChI=1S/C16H14BrNO3/c1-11(19)21-15-9-5-3-7-13(15)16(20)18-14-8-4-2-6-12(14)10-17/h2-9H,10H2,1H3,(H,18,20). The Kier molecular flexibility index (Phi) is 5.11. The summed E-state index contributed by atoms with van der Waals surface area (Å²) in [6.45, 7) is 1.30. The molecular weight excluding hydrogens is 334 g/mol. The number of para-hydroxylation sites is 2. The van der Waals surface area contributed by atoms with Crippen molar-refractivity contribution in [3.05, 3.63) is 59.7 Å². The molecule has 4 nitrogen and oxygen atoms in total. The van der Waals surface area contributed by atoms with Gasteiger partial charge >= 0.3 is 5.97 Å². The molecule has 0 radical (unpaired) electrons. The van der Waals surface area contributed by atoms with Gasteiger partial charge in [-0.2, -0.15) is 0 Å². The fourth-order valence-corrected chi connectivity index (χ4v) is 2.34. The van der Waals surface area contributed by atoms with E-state index >= 15 is 0 Å². The zero-order valence-corrected chi connectivity index (χ0v) is 13.0. The lowest BCUT2D eigenvalue weighted by molar-refractivity contribution is -0.131. The van der Waals surface area contributed by atoms with Crippen LogP contribution in [0.1, 0.15) is 22.8 Å². The van der Waals surface area contributed by atoms with E-state index in [2.05, 4.69) is 21.2 Å². The first-order chi connectivity index (χ1) is 10.1. The van der Waals surface area contributed by atoms with E-state index in [-0.39, 0.29) is 11.7 Å². The number of alkyl halides is 1. The molecule has 0 saturated carbocycles. The summed E-state index contributed by atoms with van der Waals surface area (Å²) in [5, 5.41) is 3.47. The maximum absolute atomic E-state index is 12.4. The van der Waals surface area contributed by atoms with E-state index < -0.39 is 5.97 Å². The highest BCUT2D eigenvalue weighted by Gasteiger charge is 2.14. The lowest BCUT2D eigenvalue weighted by Crippen LogP contribution is -2.15. The minimum Gasteiger partial charge on any atom is -0.426 e. The first-order valence-corrected chi connectivity index (χ1v) is 7.46. The summed E-state index contributed by atoms with van der Waals surface area (Å²) in [7, 11) is 0. The normalized spacial score (nSPS) is 10.0. The number of benzene rings is 2. The fraction of sp³-hybridized carbons (Fsp3) is 0.125. The summed E-state index contributed by atoms with van der Waals surface area (Å²) in [5.74, 6) is -0.532. The van der Waals surface area contributed by atoms with Crippen molar-refractivity contribution in [2.24, 2.45) is 0 Å². The van der Waals surface area contributed by atoms with Gasteiger partial charge in [-0.15, -0.1) is 0 Å². The predicted molar refractivity (Wildman–Crippen MR) is 84.8 cm³/mol. The molecule has 0 aliphatic rings. The smallest absolute Gasteiger partial charge is 0.308 e. The molecule has 0 unspecified atom stereocenters. The Morgan fingerprint density at radius 2 is 1.76 bits per heavy atom. The quantitative estimate of drug-likeness (QED) is 0.520. The van der Waals surface area contributed by atoms with Crippen LogP contribution in [-0.4, -0.2) is 11.9 Å². The van der Waals surface area contributed by atoms with Crippen molar-refractivity contribution >= 4 is 33.5 Å². The van der Waals surface area contributed by atoms with Gasteiger partial charge in [-0.25, -0.2) is 0 Å². The van der Waals surface area contributed by atoms with Crippen molar-refractivity contribution in [3.63, 3.8) is 0 Å². The summed E-state index contributed by atoms with van der Waals surface area (Å²) < 4.78 is 5.05. The number of hydrogen-bond acceptors (Lipinski definition) is 3. The maximum Gasteiger partial charge on any atom is 0.308 e. The summed E-state index contributed by atoms with van der Waals surface area (Å²) in [6, 6.07) is 14.1. The lowest BCUT2D eigenvalue weighted by Gasteiger charge is -2.11. The van der Waals surface area contributed by atoms with Crippen LogP contribution in [0, 0.1) is 0 Å². The second kappa shape index (κ2) is 7.04. The Balaban J connectivity index is 2.26. The van der Waals surface area contributed by atoms with E-state index in [0.717, 1.165) is 11.3 Å². The van der Waals surface area contributed by atoms with E-state index in [1.165, 1.54) is 6.92 Å². The van der Waals surface area contributed by atoms with E-state index in [9.17, 15) is 9.59 Å². The highest BCUT2D eigenvalue weighted by Crippen LogP contribution is 2.22. The Bertz CT molecular complexity index is 670. The molecule has 2 rings (SSSR count). The molecule has 0 aliphatic carbocycles. The predicted octanol–water partition coefficient (Wildman–Crippen LogP) is 3.76. The number of ether oxygens (including phenoxy) is 1. The highest BCUT2D eigenvalue weighted by atomic mass is 79.9. The molecule has 21 heavy (non-hydrogen) atoms. The third kappa shape index (κ3) is 3.92. The van der Waals surface area contributed by atoms with Gasteiger partial charge in [-0.3, -0.25) is 9.59 Å². The molecule has 0 spiro atoms. The van der Waals surface area contributed by atoms with Crippen molar-refractivity contribution in [2.45, 2.75) is 12.3 Å². The number of amides is 1. The number of halogens is 1. The molecular formula is C16H14BrNO3. The van der Waals surface area contributed by atoms with Gasteiger partial charge in [0.25, 0.3) is 5.91 Å². The van der Waals surface area contributed by atoms with Gasteiger partial charge in [0.15, 0.2) is 0 Å². The molecule has 1 amide bonds. The Morgan fingerprint density at radius 1 is 1.10 bits per heavy atom. The molecule has 0 fully saturated rings. The number of esters is 1. The van der Waals surface area contributed by atoms with Gasteiger partial charge in [0.2, 0.25) is 0 Å². The summed E-state index contributed by atoms with van der Waals surface area (Å²) in [5.41, 5.74) is 2.00. The van der Waals surface area contributed by atoms with Crippen LogP contribution in [0.4, 0.5) is 5.69 Å². The van der Waals surface area contributed by atoms with E-state index in [4.69, 9.17) is 4.74 Å². The van der Waals surface area contributed by atoms with Crippen LogP contribution in [0.5, 0.6) is 5.75 Å². The van der Waals surface area contributed by atoms with Crippen LogP contribution in [0.2, 0.25) is 0 Å². The van der Waals surface area contributed by atoms with Crippen molar-refractivity contribution in [1.82, 2.24) is 0 Å². The Labute approximate surface area is 131 Å². The average Bonchev–Trinajstić information content (AvgIpc) is 2.47. The van der Waals surface area contributed by atoms with Crippen molar-refractivity contribution in [3.8, 4) is 5.75 Å².